The third-order valence-corrected chi connectivity index (χ3v) is 4.73. The van der Waals surface area contributed by atoms with Gasteiger partial charge in [-0.3, -0.25) is 4.99 Å². The zero-order chi connectivity index (χ0) is 15.0. The predicted molar refractivity (Wildman–Crippen MR) is 99.1 cm³/mol. The number of rotatable bonds is 6. The van der Waals surface area contributed by atoms with Crippen LogP contribution in [-0.2, 0) is 9.84 Å². The van der Waals surface area contributed by atoms with E-state index < -0.39 is 9.84 Å². The van der Waals surface area contributed by atoms with Gasteiger partial charge in [0.15, 0.2) is 15.8 Å². The summed E-state index contributed by atoms with van der Waals surface area (Å²) in [6.45, 7) is 4.04. The van der Waals surface area contributed by atoms with Crippen molar-refractivity contribution in [2.24, 2.45) is 4.99 Å². The lowest BCUT2D eigenvalue weighted by Gasteiger charge is -2.18. The third kappa shape index (κ3) is 7.66. The first-order valence-electron chi connectivity index (χ1n) is 6.71. The fourth-order valence-electron chi connectivity index (χ4n) is 1.69. The molecule has 0 spiro atoms. The fraction of sp³-hybridized carbons (Fsp3) is 0.500. The number of guanidine groups is 1. The van der Waals surface area contributed by atoms with E-state index in [-0.39, 0.29) is 41.5 Å². The van der Waals surface area contributed by atoms with Gasteiger partial charge in [0.1, 0.15) is 0 Å². The first kappa shape index (κ1) is 20.2. The van der Waals surface area contributed by atoms with Gasteiger partial charge in [-0.2, -0.15) is 0 Å². The van der Waals surface area contributed by atoms with Crippen molar-refractivity contribution >= 4 is 39.8 Å². The van der Waals surface area contributed by atoms with Crippen LogP contribution in [0.3, 0.4) is 0 Å². The lowest BCUT2D eigenvalue weighted by atomic mass is 10.1. The van der Waals surface area contributed by atoms with Gasteiger partial charge in [0, 0.05) is 19.3 Å². The Hall–Kier alpha value is -0.830. The highest BCUT2D eigenvalue weighted by Crippen LogP contribution is 2.10. The van der Waals surface area contributed by atoms with Gasteiger partial charge in [0.2, 0.25) is 0 Å². The normalized spacial score (nSPS) is 13.2. The summed E-state index contributed by atoms with van der Waals surface area (Å²) >= 11 is 0. The van der Waals surface area contributed by atoms with Crippen LogP contribution in [0.5, 0.6) is 0 Å². The molecule has 0 bridgehead atoms. The quantitative estimate of drug-likeness (QED) is 0.416. The maximum absolute atomic E-state index is 11.4. The molecule has 1 unspecified atom stereocenters. The molecule has 1 atom stereocenters. The van der Waals surface area contributed by atoms with Crippen molar-refractivity contribution in [1.82, 2.24) is 10.6 Å². The molecule has 0 fully saturated rings. The molecule has 0 saturated heterocycles. The Morgan fingerprint density at radius 3 is 2.43 bits per heavy atom. The average molecular weight is 425 g/mol. The molecule has 120 valence electrons. The molecular weight excluding hydrogens is 401 g/mol. The molecule has 0 amide bonds. The number of aliphatic imine (C=N–C) groups is 1. The van der Waals surface area contributed by atoms with Crippen molar-refractivity contribution in [3.05, 3.63) is 35.9 Å². The first-order valence-corrected chi connectivity index (χ1v) is 8.53. The minimum absolute atomic E-state index is 0. The van der Waals surface area contributed by atoms with Crippen LogP contribution < -0.4 is 10.6 Å². The van der Waals surface area contributed by atoms with Gasteiger partial charge in [-0.25, -0.2) is 8.42 Å². The van der Waals surface area contributed by atoms with Gasteiger partial charge in [-0.1, -0.05) is 37.3 Å². The molecule has 0 aromatic heterocycles. The van der Waals surface area contributed by atoms with E-state index in [9.17, 15) is 8.42 Å². The molecule has 0 aliphatic rings. The van der Waals surface area contributed by atoms with Gasteiger partial charge < -0.3 is 10.6 Å². The van der Waals surface area contributed by atoms with E-state index >= 15 is 0 Å². The van der Waals surface area contributed by atoms with Crippen molar-refractivity contribution in [2.75, 3.05) is 25.1 Å². The molecular formula is C14H24IN3O2S. The highest BCUT2D eigenvalue weighted by Gasteiger charge is 2.09. The number of benzene rings is 1. The van der Waals surface area contributed by atoms with Crippen LogP contribution in [0, 0.1) is 0 Å². The van der Waals surface area contributed by atoms with Crippen LogP contribution in [0.2, 0.25) is 0 Å². The first-order chi connectivity index (χ1) is 9.48. The van der Waals surface area contributed by atoms with E-state index in [1.54, 1.807) is 14.0 Å². The number of sulfone groups is 1. The van der Waals surface area contributed by atoms with E-state index in [1.807, 2.05) is 37.3 Å². The second-order valence-electron chi connectivity index (χ2n) is 4.51. The number of hydrogen-bond donors (Lipinski definition) is 2. The van der Waals surface area contributed by atoms with Gasteiger partial charge in [0.05, 0.1) is 11.8 Å². The van der Waals surface area contributed by atoms with E-state index in [4.69, 9.17) is 0 Å². The Morgan fingerprint density at radius 1 is 1.29 bits per heavy atom. The molecule has 1 aromatic rings. The molecule has 0 saturated carbocycles. The summed E-state index contributed by atoms with van der Waals surface area (Å²) in [6, 6.07) is 10.1. The van der Waals surface area contributed by atoms with Crippen molar-refractivity contribution in [3.8, 4) is 0 Å². The van der Waals surface area contributed by atoms with Crippen molar-refractivity contribution in [3.63, 3.8) is 0 Å². The van der Waals surface area contributed by atoms with Crippen molar-refractivity contribution < 1.29 is 8.42 Å². The fourth-order valence-corrected chi connectivity index (χ4v) is 2.40. The number of hydrogen-bond acceptors (Lipinski definition) is 3. The lowest BCUT2D eigenvalue weighted by Crippen LogP contribution is -2.40. The summed E-state index contributed by atoms with van der Waals surface area (Å²) in [5.41, 5.74) is 1.15. The Morgan fingerprint density at radius 2 is 1.90 bits per heavy atom. The molecule has 1 rings (SSSR count). The van der Waals surface area contributed by atoms with Crippen LogP contribution in [0.25, 0.3) is 0 Å². The minimum atomic E-state index is -2.95. The SMILES string of the molecule is CCS(=O)(=O)CCNC(=NC)NC(C)c1ccccc1.I. The van der Waals surface area contributed by atoms with E-state index in [1.165, 1.54) is 0 Å². The number of nitrogens with zero attached hydrogens (tertiary/aromatic N) is 1. The third-order valence-electron chi connectivity index (χ3n) is 3.02. The number of nitrogens with one attached hydrogen (secondary N) is 2. The standard InChI is InChI=1S/C14H23N3O2S.HI/c1-4-20(18,19)11-10-16-14(15-3)17-12(2)13-8-6-5-7-9-13;/h5-9,12H,4,10-11H2,1-3H3,(H2,15,16,17);1H. The summed E-state index contributed by atoms with van der Waals surface area (Å²) in [5.74, 6) is 0.887. The van der Waals surface area contributed by atoms with Gasteiger partial charge >= 0.3 is 0 Å². The van der Waals surface area contributed by atoms with Crippen LogP contribution >= 0.6 is 24.0 Å². The topological polar surface area (TPSA) is 70.6 Å². The smallest absolute Gasteiger partial charge is 0.191 e. The highest BCUT2D eigenvalue weighted by molar-refractivity contribution is 14.0. The Bertz CT molecular complexity index is 532. The van der Waals surface area contributed by atoms with Crippen LogP contribution in [0.1, 0.15) is 25.5 Å². The van der Waals surface area contributed by atoms with Gasteiger partial charge in [0.25, 0.3) is 0 Å². The number of halogens is 1. The largest absolute Gasteiger partial charge is 0.355 e. The molecule has 0 aliphatic heterocycles. The molecule has 2 N–H and O–H groups in total. The molecule has 7 heteroatoms. The summed E-state index contributed by atoms with van der Waals surface area (Å²) in [4.78, 5) is 4.10. The zero-order valence-electron chi connectivity index (χ0n) is 12.7. The Balaban J connectivity index is 0.00000400. The van der Waals surface area contributed by atoms with E-state index in [2.05, 4.69) is 15.6 Å². The molecule has 0 aliphatic carbocycles. The van der Waals surface area contributed by atoms with Crippen LogP contribution in [0.15, 0.2) is 35.3 Å². The Labute approximate surface area is 144 Å². The monoisotopic (exact) mass is 425 g/mol. The minimum Gasteiger partial charge on any atom is -0.355 e. The molecule has 0 radical (unpaired) electrons. The summed E-state index contributed by atoms with van der Waals surface area (Å²) < 4.78 is 22.8. The Kier molecular flexibility index (Phi) is 9.60. The summed E-state index contributed by atoms with van der Waals surface area (Å²) in [7, 11) is -1.28. The second kappa shape index (κ2) is 9.99. The maximum atomic E-state index is 11.4. The van der Waals surface area contributed by atoms with Gasteiger partial charge in [-0.15, -0.1) is 24.0 Å². The van der Waals surface area contributed by atoms with E-state index in [0.29, 0.717) is 12.5 Å². The van der Waals surface area contributed by atoms with Crippen LogP contribution in [-0.4, -0.2) is 39.5 Å². The second-order valence-corrected chi connectivity index (χ2v) is 6.98. The maximum Gasteiger partial charge on any atom is 0.191 e. The van der Waals surface area contributed by atoms with E-state index in [0.717, 1.165) is 5.56 Å². The van der Waals surface area contributed by atoms with Crippen molar-refractivity contribution in [2.45, 2.75) is 19.9 Å². The molecule has 5 nitrogen and oxygen atoms in total. The highest BCUT2D eigenvalue weighted by atomic mass is 127. The summed E-state index contributed by atoms with van der Waals surface area (Å²) in [5, 5.41) is 6.25. The zero-order valence-corrected chi connectivity index (χ0v) is 15.8. The van der Waals surface area contributed by atoms with Crippen LogP contribution in [0.4, 0.5) is 0 Å². The molecule has 21 heavy (non-hydrogen) atoms. The van der Waals surface area contributed by atoms with Crippen molar-refractivity contribution in [1.29, 1.82) is 0 Å². The molecule has 1 aromatic carbocycles. The predicted octanol–water partition coefficient (Wildman–Crippen LogP) is 1.97. The lowest BCUT2D eigenvalue weighted by molar-refractivity contribution is 0.595. The average Bonchev–Trinajstić information content (AvgIpc) is 2.46. The summed E-state index contributed by atoms with van der Waals surface area (Å²) in [6.07, 6.45) is 0. The van der Waals surface area contributed by atoms with Gasteiger partial charge in [-0.05, 0) is 12.5 Å². The molecule has 0 heterocycles.